The van der Waals surface area contributed by atoms with E-state index in [1.807, 2.05) is 12.1 Å². The highest BCUT2D eigenvalue weighted by molar-refractivity contribution is 6.32. The van der Waals surface area contributed by atoms with Crippen molar-refractivity contribution in [3.63, 3.8) is 0 Å². The van der Waals surface area contributed by atoms with Gasteiger partial charge in [0, 0.05) is 5.69 Å². The fraction of sp³-hybridized carbons (Fsp3) is 0.125. The molecule has 0 spiro atoms. The third-order valence-electron chi connectivity index (χ3n) is 2.85. The van der Waals surface area contributed by atoms with E-state index in [0.717, 1.165) is 5.56 Å². The van der Waals surface area contributed by atoms with Crippen LogP contribution in [0.1, 0.15) is 12.5 Å². The number of nitrogen functional groups attached to an aromatic ring is 1. The highest BCUT2D eigenvalue weighted by Crippen LogP contribution is 2.22. The molecule has 0 saturated carbocycles. The zero-order chi connectivity index (χ0) is 15.9. The van der Waals surface area contributed by atoms with Crippen LogP contribution in [0.3, 0.4) is 0 Å². The second-order valence-corrected chi connectivity index (χ2v) is 4.98. The van der Waals surface area contributed by atoms with Crippen LogP contribution >= 0.6 is 11.6 Å². The fourth-order valence-electron chi connectivity index (χ4n) is 1.71. The number of para-hydroxylation sites is 1. The van der Waals surface area contributed by atoms with Gasteiger partial charge in [0.15, 0.2) is 6.61 Å². The third kappa shape index (κ3) is 4.49. The smallest absolute Gasteiger partial charge is 0.277 e. The first-order chi connectivity index (χ1) is 10.6. The Morgan fingerprint density at radius 1 is 1.27 bits per heavy atom. The Labute approximate surface area is 133 Å². The molecule has 2 aromatic rings. The van der Waals surface area contributed by atoms with Gasteiger partial charge in [0.1, 0.15) is 5.75 Å². The van der Waals surface area contributed by atoms with Gasteiger partial charge in [0.05, 0.1) is 10.7 Å². The predicted molar refractivity (Wildman–Crippen MR) is 88.2 cm³/mol. The van der Waals surface area contributed by atoms with Crippen molar-refractivity contribution < 1.29 is 9.53 Å². The highest BCUT2D eigenvalue weighted by Gasteiger charge is 2.05. The molecule has 0 heterocycles. The summed E-state index contributed by atoms with van der Waals surface area (Å²) in [4.78, 5) is 11.7. The van der Waals surface area contributed by atoms with Gasteiger partial charge in [-0.25, -0.2) is 5.43 Å². The summed E-state index contributed by atoms with van der Waals surface area (Å²) in [6.07, 6.45) is 0. The molecule has 0 aliphatic heterocycles. The summed E-state index contributed by atoms with van der Waals surface area (Å²) in [6.45, 7) is 1.61. The number of halogens is 1. The standard InChI is InChI=1S/C16H16ClN3O2/c1-11(12-5-4-6-13(18)9-12)19-20-16(21)10-22-15-8-3-2-7-14(15)17/h2-9H,10,18H2,1H3,(H,20,21). The Morgan fingerprint density at radius 3 is 2.77 bits per heavy atom. The van der Waals surface area contributed by atoms with Gasteiger partial charge in [-0.15, -0.1) is 0 Å². The van der Waals surface area contributed by atoms with Crippen LogP contribution in [-0.2, 0) is 4.79 Å². The van der Waals surface area contributed by atoms with Gasteiger partial charge in [0.2, 0.25) is 0 Å². The van der Waals surface area contributed by atoms with E-state index in [1.165, 1.54) is 0 Å². The van der Waals surface area contributed by atoms with Gasteiger partial charge < -0.3 is 10.5 Å². The second kappa shape index (κ2) is 7.47. The first kappa shape index (κ1) is 15.9. The molecule has 22 heavy (non-hydrogen) atoms. The van der Waals surface area contributed by atoms with Crippen LogP contribution in [0.25, 0.3) is 0 Å². The monoisotopic (exact) mass is 317 g/mol. The lowest BCUT2D eigenvalue weighted by atomic mass is 10.1. The SMILES string of the molecule is CC(=NNC(=O)COc1ccccc1Cl)c1cccc(N)c1. The number of benzene rings is 2. The summed E-state index contributed by atoms with van der Waals surface area (Å²) in [7, 11) is 0. The van der Waals surface area contributed by atoms with Crippen LogP contribution in [0, 0.1) is 0 Å². The van der Waals surface area contributed by atoms with E-state index in [9.17, 15) is 4.79 Å². The third-order valence-corrected chi connectivity index (χ3v) is 3.16. The molecule has 0 aromatic heterocycles. The number of nitrogens with two attached hydrogens (primary N) is 1. The number of hydrogen-bond acceptors (Lipinski definition) is 4. The molecule has 0 fully saturated rings. The summed E-state index contributed by atoms with van der Waals surface area (Å²) in [5.41, 5.74) is 10.3. The summed E-state index contributed by atoms with van der Waals surface area (Å²) >= 11 is 5.93. The number of anilines is 1. The van der Waals surface area contributed by atoms with Gasteiger partial charge in [0.25, 0.3) is 5.91 Å². The number of rotatable bonds is 5. The molecule has 3 N–H and O–H groups in total. The van der Waals surface area contributed by atoms with Crippen molar-refractivity contribution >= 4 is 28.9 Å². The highest BCUT2D eigenvalue weighted by atomic mass is 35.5. The van der Waals surface area contributed by atoms with Gasteiger partial charge in [-0.1, -0.05) is 35.9 Å². The lowest BCUT2D eigenvalue weighted by molar-refractivity contribution is -0.123. The maximum absolute atomic E-state index is 11.7. The minimum atomic E-state index is -0.372. The molecule has 0 atom stereocenters. The van der Waals surface area contributed by atoms with Gasteiger partial charge in [-0.05, 0) is 36.8 Å². The molecule has 0 saturated heterocycles. The van der Waals surface area contributed by atoms with E-state index < -0.39 is 0 Å². The molecule has 0 aliphatic carbocycles. The first-order valence-electron chi connectivity index (χ1n) is 6.62. The molecule has 6 heteroatoms. The van der Waals surface area contributed by atoms with Crippen molar-refractivity contribution in [3.05, 3.63) is 59.1 Å². The van der Waals surface area contributed by atoms with E-state index in [2.05, 4.69) is 10.5 Å². The van der Waals surface area contributed by atoms with E-state index in [4.69, 9.17) is 22.1 Å². The molecule has 0 bridgehead atoms. The summed E-state index contributed by atoms with van der Waals surface area (Å²) in [5, 5.41) is 4.47. The molecular formula is C16H16ClN3O2. The van der Waals surface area contributed by atoms with Crippen molar-refractivity contribution in [3.8, 4) is 5.75 Å². The zero-order valence-electron chi connectivity index (χ0n) is 12.0. The van der Waals surface area contributed by atoms with Crippen molar-refractivity contribution in [2.24, 2.45) is 5.10 Å². The summed E-state index contributed by atoms with van der Waals surface area (Å²) in [5.74, 6) is 0.0824. The Balaban J connectivity index is 1.90. The quantitative estimate of drug-likeness (QED) is 0.506. The van der Waals surface area contributed by atoms with E-state index in [-0.39, 0.29) is 12.5 Å². The zero-order valence-corrected chi connectivity index (χ0v) is 12.8. The van der Waals surface area contributed by atoms with Crippen molar-refractivity contribution in [2.75, 3.05) is 12.3 Å². The fourth-order valence-corrected chi connectivity index (χ4v) is 1.90. The topological polar surface area (TPSA) is 76.7 Å². The van der Waals surface area contributed by atoms with Crippen LogP contribution in [0.2, 0.25) is 5.02 Å². The normalized spacial score (nSPS) is 11.1. The lowest BCUT2D eigenvalue weighted by Crippen LogP contribution is -2.25. The van der Waals surface area contributed by atoms with Crippen molar-refractivity contribution in [1.29, 1.82) is 0 Å². The number of amides is 1. The molecule has 5 nitrogen and oxygen atoms in total. The van der Waals surface area contributed by atoms with Crippen LogP contribution in [0.15, 0.2) is 53.6 Å². The molecule has 0 radical (unpaired) electrons. The van der Waals surface area contributed by atoms with Gasteiger partial charge in [-0.2, -0.15) is 5.10 Å². The number of hydrazone groups is 1. The molecule has 0 unspecified atom stereocenters. The Hall–Kier alpha value is -2.53. The second-order valence-electron chi connectivity index (χ2n) is 4.58. The molecule has 2 rings (SSSR count). The number of hydrogen-bond donors (Lipinski definition) is 2. The number of carbonyl (C=O) groups is 1. The minimum absolute atomic E-state index is 0.169. The van der Waals surface area contributed by atoms with Crippen molar-refractivity contribution in [1.82, 2.24) is 5.43 Å². The van der Waals surface area contributed by atoms with Crippen LogP contribution in [0.5, 0.6) is 5.75 Å². The molecule has 1 amide bonds. The van der Waals surface area contributed by atoms with E-state index in [0.29, 0.717) is 22.2 Å². The number of ether oxygens (including phenoxy) is 1. The number of nitrogens with zero attached hydrogens (tertiary/aromatic N) is 1. The van der Waals surface area contributed by atoms with E-state index >= 15 is 0 Å². The maximum Gasteiger partial charge on any atom is 0.277 e. The maximum atomic E-state index is 11.7. The molecule has 0 aliphatic rings. The molecule has 2 aromatic carbocycles. The largest absolute Gasteiger partial charge is 0.482 e. The summed E-state index contributed by atoms with van der Waals surface area (Å²) in [6, 6.07) is 14.2. The minimum Gasteiger partial charge on any atom is -0.482 e. The number of carbonyl (C=O) groups excluding carboxylic acids is 1. The predicted octanol–water partition coefficient (Wildman–Crippen LogP) is 2.84. The van der Waals surface area contributed by atoms with Gasteiger partial charge in [-0.3, -0.25) is 4.79 Å². The lowest BCUT2D eigenvalue weighted by Gasteiger charge is -2.07. The summed E-state index contributed by atoms with van der Waals surface area (Å²) < 4.78 is 5.32. The van der Waals surface area contributed by atoms with Gasteiger partial charge >= 0.3 is 0 Å². The van der Waals surface area contributed by atoms with Crippen molar-refractivity contribution in [2.45, 2.75) is 6.92 Å². The van der Waals surface area contributed by atoms with Crippen LogP contribution in [-0.4, -0.2) is 18.2 Å². The Bertz CT molecular complexity index is 701. The average Bonchev–Trinajstić information content (AvgIpc) is 2.52. The molecular weight excluding hydrogens is 302 g/mol. The van der Waals surface area contributed by atoms with Crippen LogP contribution < -0.4 is 15.9 Å². The Morgan fingerprint density at radius 2 is 2.05 bits per heavy atom. The van der Waals surface area contributed by atoms with Crippen LogP contribution in [0.4, 0.5) is 5.69 Å². The first-order valence-corrected chi connectivity index (χ1v) is 7.00. The average molecular weight is 318 g/mol. The Kier molecular flexibility index (Phi) is 5.38. The molecule has 114 valence electrons. The number of nitrogens with one attached hydrogen (secondary N) is 1. The van der Waals surface area contributed by atoms with E-state index in [1.54, 1.807) is 43.3 Å².